The molecule has 0 radical (unpaired) electrons. The molecule has 1 amide bonds. The van der Waals surface area contributed by atoms with Crippen LogP contribution in [0.15, 0.2) is 59.8 Å². The van der Waals surface area contributed by atoms with Crippen LogP contribution in [0.5, 0.6) is 0 Å². The average Bonchev–Trinajstić information content (AvgIpc) is 3.13. The number of benzene rings is 1. The Morgan fingerprint density at radius 3 is 2.67 bits per heavy atom. The summed E-state index contributed by atoms with van der Waals surface area (Å²) in [6.07, 6.45) is 3.33. The number of amides is 1. The second-order valence-electron chi connectivity index (χ2n) is 6.26. The van der Waals surface area contributed by atoms with Crippen LogP contribution in [0.1, 0.15) is 35.8 Å². The van der Waals surface area contributed by atoms with Crippen molar-refractivity contribution in [3.8, 4) is 5.82 Å². The van der Waals surface area contributed by atoms with E-state index in [1.807, 2.05) is 56.3 Å². The molecule has 0 atom stereocenters. The van der Waals surface area contributed by atoms with Crippen molar-refractivity contribution in [2.45, 2.75) is 24.7 Å². The Kier molecular flexibility index (Phi) is 6.53. The Hall–Kier alpha value is -2.31. The van der Waals surface area contributed by atoms with Gasteiger partial charge in [-0.1, -0.05) is 31.5 Å². The highest BCUT2D eigenvalue weighted by molar-refractivity contribution is 7.99. The maximum absolute atomic E-state index is 12.7. The van der Waals surface area contributed by atoms with E-state index in [-0.39, 0.29) is 11.8 Å². The van der Waals surface area contributed by atoms with Gasteiger partial charge in [0.15, 0.2) is 5.82 Å². The van der Waals surface area contributed by atoms with Crippen molar-refractivity contribution >= 4 is 29.3 Å². The zero-order valence-electron chi connectivity index (χ0n) is 15.2. The van der Waals surface area contributed by atoms with Gasteiger partial charge in [-0.3, -0.25) is 4.79 Å². The summed E-state index contributed by atoms with van der Waals surface area (Å²) in [5.41, 5.74) is 1.45. The van der Waals surface area contributed by atoms with Crippen molar-refractivity contribution in [3.05, 3.63) is 71.1 Å². The zero-order valence-corrected chi connectivity index (χ0v) is 16.8. The van der Waals surface area contributed by atoms with Crippen LogP contribution in [0.4, 0.5) is 0 Å². The molecule has 0 aliphatic carbocycles. The highest BCUT2D eigenvalue weighted by Crippen LogP contribution is 2.23. The van der Waals surface area contributed by atoms with Gasteiger partial charge in [-0.25, -0.2) is 9.67 Å². The SMILES string of the molecule is CC(C)c1c(C(=O)NCCSc2ccc(Cl)cc2)cnn1-c1ccccn1. The maximum Gasteiger partial charge on any atom is 0.254 e. The first-order chi connectivity index (χ1) is 13.1. The summed E-state index contributed by atoms with van der Waals surface area (Å²) >= 11 is 7.56. The van der Waals surface area contributed by atoms with Crippen LogP contribution >= 0.6 is 23.4 Å². The summed E-state index contributed by atoms with van der Waals surface area (Å²) in [6.45, 7) is 4.66. The number of carbonyl (C=O) groups excluding carboxylic acids is 1. The van der Waals surface area contributed by atoms with Gasteiger partial charge in [-0.05, 0) is 42.3 Å². The summed E-state index contributed by atoms with van der Waals surface area (Å²) in [6, 6.07) is 13.3. The number of carbonyl (C=O) groups is 1. The van der Waals surface area contributed by atoms with E-state index < -0.39 is 0 Å². The Balaban J connectivity index is 1.64. The van der Waals surface area contributed by atoms with Gasteiger partial charge in [0, 0.05) is 28.4 Å². The fourth-order valence-electron chi connectivity index (χ4n) is 2.71. The summed E-state index contributed by atoms with van der Waals surface area (Å²) in [7, 11) is 0. The van der Waals surface area contributed by atoms with Crippen molar-refractivity contribution in [1.82, 2.24) is 20.1 Å². The summed E-state index contributed by atoms with van der Waals surface area (Å²) < 4.78 is 1.74. The second-order valence-corrected chi connectivity index (χ2v) is 7.86. The van der Waals surface area contributed by atoms with E-state index in [0.717, 1.165) is 21.4 Å². The molecule has 7 heteroatoms. The quantitative estimate of drug-likeness (QED) is 0.466. The molecule has 0 aliphatic heterocycles. The molecule has 5 nitrogen and oxygen atoms in total. The Labute approximate surface area is 168 Å². The Morgan fingerprint density at radius 2 is 2.00 bits per heavy atom. The molecule has 0 saturated heterocycles. The maximum atomic E-state index is 12.7. The first-order valence-corrected chi connectivity index (χ1v) is 10.1. The van der Waals surface area contributed by atoms with Gasteiger partial charge >= 0.3 is 0 Å². The van der Waals surface area contributed by atoms with Gasteiger partial charge in [0.2, 0.25) is 0 Å². The van der Waals surface area contributed by atoms with Crippen LogP contribution in [-0.2, 0) is 0 Å². The van der Waals surface area contributed by atoms with Crippen LogP contribution in [0.2, 0.25) is 5.02 Å². The molecule has 2 heterocycles. The number of pyridine rings is 1. The molecule has 3 rings (SSSR count). The van der Waals surface area contributed by atoms with E-state index >= 15 is 0 Å². The van der Waals surface area contributed by atoms with Gasteiger partial charge in [-0.2, -0.15) is 5.10 Å². The standard InChI is InChI=1S/C20H21ClN4OS/c1-14(2)19-17(13-24-25(19)18-5-3-4-10-22-18)20(26)23-11-12-27-16-8-6-15(21)7-9-16/h3-10,13-14H,11-12H2,1-2H3,(H,23,26). The fourth-order valence-corrected chi connectivity index (χ4v) is 3.60. The normalized spacial score (nSPS) is 11.0. The molecule has 0 bridgehead atoms. The number of nitrogens with one attached hydrogen (secondary N) is 1. The Bertz CT molecular complexity index is 894. The van der Waals surface area contributed by atoms with Crippen LogP contribution in [-0.4, -0.2) is 33.0 Å². The first kappa shape index (κ1) is 19.5. The van der Waals surface area contributed by atoms with E-state index in [9.17, 15) is 4.79 Å². The number of thioether (sulfide) groups is 1. The topological polar surface area (TPSA) is 59.8 Å². The van der Waals surface area contributed by atoms with Crippen molar-refractivity contribution in [3.63, 3.8) is 0 Å². The molecule has 0 saturated carbocycles. The van der Waals surface area contributed by atoms with Crippen molar-refractivity contribution in [2.75, 3.05) is 12.3 Å². The van der Waals surface area contributed by atoms with E-state index in [4.69, 9.17) is 11.6 Å². The predicted molar refractivity (Wildman–Crippen MR) is 110 cm³/mol. The van der Waals surface area contributed by atoms with Gasteiger partial charge in [-0.15, -0.1) is 11.8 Å². The molecule has 27 heavy (non-hydrogen) atoms. The molecule has 140 valence electrons. The van der Waals surface area contributed by atoms with Gasteiger partial charge in [0.05, 0.1) is 17.5 Å². The zero-order chi connectivity index (χ0) is 19.2. The van der Waals surface area contributed by atoms with Crippen LogP contribution in [0.25, 0.3) is 5.82 Å². The monoisotopic (exact) mass is 400 g/mol. The van der Waals surface area contributed by atoms with E-state index in [1.54, 1.807) is 28.8 Å². The third-order valence-electron chi connectivity index (χ3n) is 3.93. The minimum Gasteiger partial charge on any atom is -0.351 e. The van der Waals surface area contributed by atoms with Gasteiger partial charge in [0.25, 0.3) is 5.91 Å². The molecule has 3 aromatic rings. The average molecular weight is 401 g/mol. The fraction of sp³-hybridized carbons (Fsp3) is 0.250. The predicted octanol–water partition coefficient (Wildman–Crippen LogP) is 4.57. The van der Waals surface area contributed by atoms with Crippen molar-refractivity contribution in [2.24, 2.45) is 0 Å². The molecular formula is C20H21ClN4OS. The highest BCUT2D eigenvalue weighted by Gasteiger charge is 2.21. The van der Waals surface area contributed by atoms with Gasteiger partial charge < -0.3 is 5.32 Å². The number of nitrogens with zero attached hydrogens (tertiary/aromatic N) is 3. The molecule has 2 aromatic heterocycles. The largest absolute Gasteiger partial charge is 0.351 e. The lowest BCUT2D eigenvalue weighted by molar-refractivity contribution is 0.0955. The minimum absolute atomic E-state index is 0.113. The van der Waals surface area contributed by atoms with Gasteiger partial charge in [0.1, 0.15) is 0 Å². The second kappa shape index (κ2) is 9.06. The minimum atomic E-state index is -0.113. The third-order valence-corrected chi connectivity index (χ3v) is 5.20. The smallest absolute Gasteiger partial charge is 0.254 e. The Morgan fingerprint density at radius 1 is 1.22 bits per heavy atom. The van der Waals surface area contributed by atoms with Crippen molar-refractivity contribution < 1.29 is 4.79 Å². The highest BCUT2D eigenvalue weighted by atomic mass is 35.5. The summed E-state index contributed by atoms with van der Waals surface area (Å²) in [4.78, 5) is 18.1. The summed E-state index contributed by atoms with van der Waals surface area (Å²) in [5, 5.41) is 8.09. The molecule has 0 fully saturated rings. The first-order valence-electron chi connectivity index (χ1n) is 8.72. The lowest BCUT2D eigenvalue weighted by Gasteiger charge is -2.12. The molecule has 1 aromatic carbocycles. The van der Waals surface area contributed by atoms with Crippen LogP contribution < -0.4 is 5.32 Å². The number of hydrogen-bond acceptors (Lipinski definition) is 4. The lowest BCUT2D eigenvalue weighted by atomic mass is 10.1. The van der Waals surface area contributed by atoms with E-state index in [0.29, 0.717) is 17.9 Å². The van der Waals surface area contributed by atoms with Crippen LogP contribution in [0.3, 0.4) is 0 Å². The number of rotatable bonds is 7. The number of halogens is 1. The molecule has 0 unspecified atom stereocenters. The number of aromatic nitrogens is 3. The molecule has 0 aliphatic rings. The van der Waals surface area contributed by atoms with Crippen LogP contribution in [0, 0.1) is 0 Å². The summed E-state index contributed by atoms with van der Waals surface area (Å²) in [5.74, 6) is 1.51. The molecule has 0 spiro atoms. The number of hydrogen-bond donors (Lipinski definition) is 1. The van der Waals surface area contributed by atoms with E-state index in [2.05, 4.69) is 15.4 Å². The molecule has 1 N–H and O–H groups in total. The van der Waals surface area contributed by atoms with E-state index in [1.165, 1.54) is 0 Å². The molecular weight excluding hydrogens is 380 g/mol. The third kappa shape index (κ3) is 4.90. The van der Waals surface area contributed by atoms with Crippen molar-refractivity contribution in [1.29, 1.82) is 0 Å². The lowest BCUT2D eigenvalue weighted by Crippen LogP contribution is -2.26.